The maximum Gasteiger partial charge on any atom is 0.405 e. The predicted molar refractivity (Wildman–Crippen MR) is 46.3 cm³/mol. The van der Waals surface area contributed by atoms with Gasteiger partial charge in [0.05, 0.1) is 0 Å². The molecule has 1 N–H and O–H groups in total. The molecule has 0 atom stereocenters. The van der Waals surface area contributed by atoms with E-state index in [1.165, 1.54) is 6.07 Å². The minimum Gasteiger partial charge on any atom is -0.361 e. The van der Waals surface area contributed by atoms with E-state index in [0.29, 0.717) is 5.82 Å². The zero-order valence-electron chi connectivity index (χ0n) is 7.19. The molecule has 0 amide bonds. The molecule has 1 heterocycles. The highest BCUT2D eigenvalue weighted by Crippen LogP contribution is 2.16. The zero-order valence-corrected chi connectivity index (χ0v) is 7.95. The van der Waals surface area contributed by atoms with Crippen LogP contribution >= 0.6 is 11.6 Å². The zero-order chi connectivity index (χ0) is 10.8. The Morgan fingerprint density at radius 2 is 2.07 bits per heavy atom. The highest BCUT2D eigenvalue weighted by molar-refractivity contribution is 6.29. The minimum absolute atomic E-state index is 0.0693. The fourth-order valence-corrected chi connectivity index (χ4v) is 1.04. The normalized spacial score (nSPS) is 11.5. The summed E-state index contributed by atoms with van der Waals surface area (Å²) in [6.07, 6.45) is -4.27. The third-order valence-electron chi connectivity index (χ3n) is 1.28. The van der Waals surface area contributed by atoms with Gasteiger partial charge in [0.25, 0.3) is 0 Å². The summed E-state index contributed by atoms with van der Waals surface area (Å²) in [5.41, 5.74) is 0. The molecule has 7 heteroatoms. The molecule has 3 nitrogen and oxygen atoms in total. The van der Waals surface area contributed by atoms with Gasteiger partial charge in [-0.2, -0.15) is 13.2 Å². The summed E-state index contributed by atoms with van der Waals surface area (Å²) in [5, 5.41) is 2.22. The molecule has 0 aliphatic rings. The summed E-state index contributed by atoms with van der Waals surface area (Å²) in [4.78, 5) is 7.44. The number of nitrogens with zero attached hydrogens (tertiary/aromatic N) is 2. The monoisotopic (exact) mass is 225 g/mol. The van der Waals surface area contributed by atoms with Crippen LogP contribution in [0.4, 0.5) is 19.0 Å². The number of aryl methyl sites for hydroxylation is 1. The molecule has 0 aliphatic carbocycles. The number of hydrogen-bond acceptors (Lipinski definition) is 3. The Balaban J connectivity index is 2.68. The molecular weight excluding hydrogens is 219 g/mol. The van der Waals surface area contributed by atoms with Crippen LogP contribution in [0.5, 0.6) is 0 Å². The fraction of sp³-hybridized carbons (Fsp3) is 0.429. The topological polar surface area (TPSA) is 37.8 Å². The Morgan fingerprint density at radius 1 is 1.43 bits per heavy atom. The predicted octanol–water partition coefficient (Wildman–Crippen LogP) is 2.41. The summed E-state index contributed by atoms with van der Waals surface area (Å²) in [5.74, 6) is 0.391. The average molecular weight is 226 g/mol. The van der Waals surface area contributed by atoms with E-state index in [9.17, 15) is 13.2 Å². The highest BCUT2D eigenvalue weighted by Gasteiger charge is 2.26. The number of hydrogen-bond donors (Lipinski definition) is 1. The number of anilines is 1. The quantitative estimate of drug-likeness (QED) is 0.786. The smallest absolute Gasteiger partial charge is 0.361 e. The van der Waals surface area contributed by atoms with Crippen molar-refractivity contribution in [3.8, 4) is 0 Å². The lowest BCUT2D eigenvalue weighted by molar-refractivity contribution is -0.115. The molecule has 0 aliphatic heterocycles. The Kier molecular flexibility index (Phi) is 3.15. The van der Waals surface area contributed by atoms with E-state index in [1.54, 1.807) is 6.92 Å². The summed E-state index contributed by atoms with van der Waals surface area (Å²) in [6.45, 7) is 0.407. The summed E-state index contributed by atoms with van der Waals surface area (Å²) >= 11 is 5.53. The Morgan fingerprint density at radius 3 is 2.57 bits per heavy atom. The van der Waals surface area contributed by atoms with Gasteiger partial charge >= 0.3 is 6.18 Å². The molecule has 0 aromatic carbocycles. The van der Waals surface area contributed by atoms with Crippen molar-refractivity contribution in [3.63, 3.8) is 0 Å². The number of alkyl halides is 3. The van der Waals surface area contributed by atoms with Crippen molar-refractivity contribution in [3.05, 3.63) is 17.0 Å². The molecule has 14 heavy (non-hydrogen) atoms. The van der Waals surface area contributed by atoms with Crippen LogP contribution in [-0.2, 0) is 0 Å². The Hall–Kier alpha value is -1.04. The standard InChI is InChI=1S/C7H7ClF3N3/c1-4-13-5(8)2-6(14-4)12-3-7(9,10)11/h2H,3H2,1H3,(H,12,13,14). The van der Waals surface area contributed by atoms with Crippen molar-refractivity contribution in [1.82, 2.24) is 9.97 Å². The van der Waals surface area contributed by atoms with Crippen LogP contribution in [-0.4, -0.2) is 22.7 Å². The van der Waals surface area contributed by atoms with E-state index in [1.807, 2.05) is 0 Å². The van der Waals surface area contributed by atoms with Crippen molar-refractivity contribution in [1.29, 1.82) is 0 Å². The SMILES string of the molecule is Cc1nc(Cl)cc(NCC(F)(F)F)n1. The van der Waals surface area contributed by atoms with Crippen LogP contribution in [0.3, 0.4) is 0 Å². The fourth-order valence-electron chi connectivity index (χ4n) is 0.813. The molecule has 78 valence electrons. The maximum absolute atomic E-state index is 11.8. The van der Waals surface area contributed by atoms with Crippen molar-refractivity contribution >= 4 is 17.4 Å². The van der Waals surface area contributed by atoms with Gasteiger partial charge in [-0.1, -0.05) is 11.6 Å². The van der Waals surface area contributed by atoms with E-state index < -0.39 is 12.7 Å². The lowest BCUT2D eigenvalue weighted by Crippen LogP contribution is -2.22. The average Bonchev–Trinajstić information content (AvgIpc) is 1.97. The highest BCUT2D eigenvalue weighted by atomic mass is 35.5. The van der Waals surface area contributed by atoms with Crippen LogP contribution in [0.15, 0.2) is 6.07 Å². The van der Waals surface area contributed by atoms with Gasteiger partial charge in [0.2, 0.25) is 0 Å². The van der Waals surface area contributed by atoms with Gasteiger partial charge in [-0.05, 0) is 6.92 Å². The van der Waals surface area contributed by atoms with Gasteiger partial charge in [-0.3, -0.25) is 0 Å². The van der Waals surface area contributed by atoms with Crippen LogP contribution in [0.2, 0.25) is 5.15 Å². The molecule has 0 saturated carbocycles. The molecule has 0 saturated heterocycles. The maximum atomic E-state index is 11.8. The second-order valence-corrected chi connectivity index (χ2v) is 2.98. The summed E-state index contributed by atoms with van der Waals surface area (Å²) in [7, 11) is 0. The molecule has 0 bridgehead atoms. The number of halogens is 4. The third kappa shape index (κ3) is 3.78. The first-order chi connectivity index (χ1) is 6.37. The van der Waals surface area contributed by atoms with Crippen molar-refractivity contribution in [2.45, 2.75) is 13.1 Å². The first-order valence-electron chi connectivity index (χ1n) is 3.68. The molecule has 1 rings (SSSR count). The lowest BCUT2D eigenvalue weighted by Gasteiger charge is -2.08. The Labute approximate surface area is 83.3 Å². The van der Waals surface area contributed by atoms with Crippen LogP contribution < -0.4 is 5.32 Å². The first-order valence-corrected chi connectivity index (χ1v) is 4.06. The molecule has 1 aromatic rings. The largest absolute Gasteiger partial charge is 0.405 e. The summed E-state index contributed by atoms with van der Waals surface area (Å²) < 4.78 is 35.4. The summed E-state index contributed by atoms with van der Waals surface area (Å²) in [6, 6.07) is 1.24. The molecule has 0 radical (unpaired) electrons. The van der Waals surface area contributed by atoms with Crippen LogP contribution in [0.25, 0.3) is 0 Å². The molecular formula is C7H7ClF3N3. The van der Waals surface area contributed by atoms with Crippen molar-refractivity contribution in [2.75, 3.05) is 11.9 Å². The van der Waals surface area contributed by atoms with E-state index in [-0.39, 0.29) is 11.0 Å². The van der Waals surface area contributed by atoms with E-state index in [2.05, 4.69) is 15.3 Å². The van der Waals surface area contributed by atoms with Gasteiger partial charge in [-0.25, -0.2) is 9.97 Å². The van der Waals surface area contributed by atoms with Gasteiger partial charge in [-0.15, -0.1) is 0 Å². The number of aromatic nitrogens is 2. The van der Waals surface area contributed by atoms with E-state index in [0.717, 1.165) is 0 Å². The first kappa shape index (κ1) is 11.0. The van der Waals surface area contributed by atoms with Crippen molar-refractivity contribution < 1.29 is 13.2 Å². The van der Waals surface area contributed by atoms with Crippen LogP contribution in [0.1, 0.15) is 5.82 Å². The second kappa shape index (κ2) is 4.00. The van der Waals surface area contributed by atoms with Gasteiger partial charge < -0.3 is 5.32 Å². The minimum atomic E-state index is -4.27. The number of rotatable bonds is 2. The molecule has 0 fully saturated rings. The van der Waals surface area contributed by atoms with Crippen molar-refractivity contribution in [2.24, 2.45) is 0 Å². The van der Waals surface area contributed by atoms with Gasteiger partial charge in [0.1, 0.15) is 23.3 Å². The number of nitrogens with one attached hydrogen (secondary N) is 1. The molecule has 0 unspecified atom stereocenters. The van der Waals surface area contributed by atoms with Crippen LogP contribution in [0, 0.1) is 6.92 Å². The van der Waals surface area contributed by atoms with E-state index >= 15 is 0 Å². The van der Waals surface area contributed by atoms with Gasteiger partial charge in [0.15, 0.2) is 0 Å². The van der Waals surface area contributed by atoms with E-state index in [4.69, 9.17) is 11.6 Å². The molecule has 0 spiro atoms. The molecule has 1 aromatic heterocycles. The van der Waals surface area contributed by atoms with Gasteiger partial charge in [0, 0.05) is 6.07 Å². The third-order valence-corrected chi connectivity index (χ3v) is 1.47. The Bertz CT molecular complexity index is 306. The second-order valence-electron chi connectivity index (χ2n) is 2.59. The lowest BCUT2D eigenvalue weighted by atomic mass is 10.5.